The highest BCUT2D eigenvalue weighted by Gasteiger charge is 2.21. The maximum atomic E-state index is 5.96. The van der Waals surface area contributed by atoms with Gasteiger partial charge in [0, 0.05) is 13.1 Å². The van der Waals surface area contributed by atoms with Crippen LogP contribution in [0.25, 0.3) is 0 Å². The Hall–Kier alpha value is -0.730. The van der Waals surface area contributed by atoms with E-state index in [4.69, 9.17) is 5.73 Å². The molecule has 0 spiro atoms. The largest absolute Gasteiger partial charge is 0.370 e. The highest BCUT2D eigenvalue weighted by Crippen LogP contribution is 2.22. The summed E-state index contributed by atoms with van der Waals surface area (Å²) in [6.45, 7) is 6.22. The second-order valence-electron chi connectivity index (χ2n) is 5.19. The molecule has 1 fully saturated rings. The lowest BCUT2D eigenvalue weighted by molar-refractivity contribution is 0.362. The van der Waals surface area contributed by atoms with Crippen LogP contribution in [-0.4, -0.2) is 29.5 Å². The smallest absolute Gasteiger partial charge is 0.191 e. The van der Waals surface area contributed by atoms with Gasteiger partial charge in [-0.3, -0.25) is 0 Å². The van der Waals surface area contributed by atoms with E-state index in [9.17, 15) is 0 Å². The number of nitrogens with two attached hydrogens (primary N) is 1. The van der Waals surface area contributed by atoms with Crippen LogP contribution in [0.1, 0.15) is 46.5 Å². The first-order valence-corrected chi connectivity index (χ1v) is 5.48. The molecule has 1 aliphatic rings. The van der Waals surface area contributed by atoms with Crippen molar-refractivity contribution in [2.45, 2.75) is 58.0 Å². The first-order chi connectivity index (χ1) is 6.40. The summed E-state index contributed by atoms with van der Waals surface area (Å²) < 4.78 is 0. The van der Waals surface area contributed by atoms with Crippen LogP contribution >= 0.6 is 0 Å². The third-order valence-electron chi connectivity index (χ3n) is 2.68. The van der Waals surface area contributed by atoms with Gasteiger partial charge >= 0.3 is 0 Å². The van der Waals surface area contributed by atoms with E-state index in [0.717, 1.165) is 0 Å². The van der Waals surface area contributed by atoms with E-state index >= 15 is 0 Å². The molecule has 0 aromatic carbocycles. The predicted molar refractivity (Wildman–Crippen MR) is 61.4 cm³/mol. The van der Waals surface area contributed by atoms with Crippen molar-refractivity contribution in [1.29, 1.82) is 0 Å². The Labute approximate surface area is 87.4 Å². The molecule has 1 aliphatic carbocycles. The lowest BCUT2D eigenvalue weighted by Gasteiger charge is -2.27. The number of aliphatic imine (C=N–C) groups is 1. The number of guanidine groups is 1. The van der Waals surface area contributed by atoms with Gasteiger partial charge in [-0.1, -0.05) is 12.8 Å². The molecular weight excluding hydrogens is 174 g/mol. The van der Waals surface area contributed by atoms with Crippen LogP contribution in [0.3, 0.4) is 0 Å². The zero-order valence-electron chi connectivity index (χ0n) is 9.88. The SMILES string of the molecule is CN(C(N)=NC(C)(C)C)C1CCCC1. The van der Waals surface area contributed by atoms with Gasteiger partial charge in [0.05, 0.1) is 5.54 Å². The fraction of sp³-hybridized carbons (Fsp3) is 0.909. The van der Waals surface area contributed by atoms with Crippen molar-refractivity contribution in [3.8, 4) is 0 Å². The minimum Gasteiger partial charge on any atom is -0.370 e. The van der Waals surface area contributed by atoms with Gasteiger partial charge in [-0.15, -0.1) is 0 Å². The quantitative estimate of drug-likeness (QED) is 0.516. The molecule has 1 rings (SSSR count). The van der Waals surface area contributed by atoms with E-state index < -0.39 is 0 Å². The van der Waals surface area contributed by atoms with Gasteiger partial charge < -0.3 is 10.6 Å². The molecule has 0 aliphatic heterocycles. The fourth-order valence-electron chi connectivity index (χ4n) is 1.90. The van der Waals surface area contributed by atoms with Gasteiger partial charge in [0.2, 0.25) is 0 Å². The number of hydrogen-bond acceptors (Lipinski definition) is 1. The second kappa shape index (κ2) is 4.20. The minimum absolute atomic E-state index is 0.0725. The Kier molecular flexibility index (Phi) is 3.40. The normalized spacial score (nSPS) is 20.1. The molecule has 0 aromatic rings. The van der Waals surface area contributed by atoms with Crippen molar-refractivity contribution in [3.05, 3.63) is 0 Å². The van der Waals surface area contributed by atoms with Crippen LogP contribution in [0.2, 0.25) is 0 Å². The monoisotopic (exact) mass is 197 g/mol. The predicted octanol–water partition coefficient (Wildman–Crippen LogP) is 1.97. The van der Waals surface area contributed by atoms with Crippen molar-refractivity contribution < 1.29 is 0 Å². The minimum atomic E-state index is -0.0725. The highest BCUT2D eigenvalue weighted by atomic mass is 15.3. The van der Waals surface area contributed by atoms with Crippen LogP contribution in [0.15, 0.2) is 4.99 Å². The van der Waals surface area contributed by atoms with Crippen molar-refractivity contribution in [2.24, 2.45) is 10.7 Å². The van der Waals surface area contributed by atoms with Crippen LogP contribution in [-0.2, 0) is 0 Å². The molecular formula is C11H23N3. The molecule has 3 heteroatoms. The van der Waals surface area contributed by atoms with Crippen LogP contribution in [0.4, 0.5) is 0 Å². The van der Waals surface area contributed by atoms with E-state index in [1.807, 2.05) is 0 Å². The lowest BCUT2D eigenvalue weighted by atomic mass is 10.1. The van der Waals surface area contributed by atoms with Crippen molar-refractivity contribution >= 4 is 5.96 Å². The highest BCUT2D eigenvalue weighted by molar-refractivity contribution is 5.78. The molecule has 0 aromatic heterocycles. The zero-order chi connectivity index (χ0) is 10.8. The summed E-state index contributed by atoms with van der Waals surface area (Å²) in [6.07, 6.45) is 5.18. The van der Waals surface area contributed by atoms with Crippen molar-refractivity contribution in [2.75, 3.05) is 7.05 Å². The lowest BCUT2D eigenvalue weighted by Crippen LogP contribution is -2.41. The van der Waals surface area contributed by atoms with Gasteiger partial charge in [0.25, 0.3) is 0 Å². The maximum Gasteiger partial charge on any atom is 0.191 e. The molecule has 0 radical (unpaired) electrons. The van der Waals surface area contributed by atoms with Crippen LogP contribution in [0.5, 0.6) is 0 Å². The molecule has 3 nitrogen and oxygen atoms in total. The third-order valence-corrected chi connectivity index (χ3v) is 2.68. The van der Waals surface area contributed by atoms with Gasteiger partial charge in [-0.2, -0.15) is 0 Å². The molecule has 0 atom stereocenters. The fourth-order valence-corrected chi connectivity index (χ4v) is 1.90. The zero-order valence-corrected chi connectivity index (χ0v) is 9.88. The van der Waals surface area contributed by atoms with Gasteiger partial charge in [-0.05, 0) is 33.6 Å². The van der Waals surface area contributed by atoms with Gasteiger partial charge in [-0.25, -0.2) is 4.99 Å². The van der Waals surface area contributed by atoms with E-state index in [1.165, 1.54) is 25.7 Å². The van der Waals surface area contributed by atoms with Crippen LogP contribution in [0, 0.1) is 0 Å². The Morgan fingerprint density at radius 3 is 2.21 bits per heavy atom. The number of nitrogens with zero attached hydrogens (tertiary/aromatic N) is 2. The summed E-state index contributed by atoms with van der Waals surface area (Å²) in [7, 11) is 2.06. The maximum absolute atomic E-state index is 5.96. The molecule has 0 amide bonds. The first kappa shape index (κ1) is 11.3. The Balaban J connectivity index is 2.59. The molecule has 1 saturated carbocycles. The summed E-state index contributed by atoms with van der Waals surface area (Å²) in [5.41, 5.74) is 5.89. The van der Waals surface area contributed by atoms with Gasteiger partial charge in [0.1, 0.15) is 0 Å². The van der Waals surface area contributed by atoms with E-state index in [-0.39, 0.29) is 5.54 Å². The summed E-state index contributed by atoms with van der Waals surface area (Å²) >= 11 is 0. The number of rotatable bonds is 1. The molecule has 14 heavy (non-hydrogen) atoms. The molecule has 0 heterocycles. The third kappa shape index (κ3) is 3.20. The summed E-state index contributed by atoms with van der Waals surface area (Å²) in [5, 5.41) is 0. The average molecular weight is 197 g/mol. The molecule has 0 unspecified atom stereocenters. The Morgan fingerprint density at radius 1 is 1.29 bits per heavy atom. The summed E-state index contributed by atoms with van der Waals surface area (Å²) in [5.74, 6) is 0.685. The van der Waals surface area contributed by atoms with Gasteiger partial charge in [0.15, 0.2) is 5.96 Å². The van der Waals surface area contributed by atoms with E-state index in [0.29, 0.717) is 12.0 Å². The summed E-state index contributed by atoms with van der Waals surface area (Å²) in [4.78, 5) is 6.61. The number of hydrogen-bond donors (Lipinski definition) is 1. The molecule has 0 bridgehead atoms. The topological polar surface area (TPSA) is 41.6 Å². The average Bonchev–Trinajstić information content (AvgIpc) is 2.51. The van der Waals surface area contributed by atoms with Crippen LogP contribution < -0.4 is 5.73 Å². The summed E-state index contributed by atoms with van der Waals surface area (Å²) in [6, 6.07) is 0.612. The molecule has 2 N–H and O–H groups in total. The van der Waals surface area contributed by atoms with Crippen molar-refractivity contribution in [3.63, 3.8) is 0 Å². The first-order valence-electron chi connectivity index (χ1n) is 5.48. The Morgan fingerprint density at radius 2 is 1.79 bits per heavy atom. The van der Waals surface area contributed by atoms with E-state index in [1.54, 1.807) is 0 Å². The standard InChI is InChI=1S/C11H23N3/c1-11(2,3)13-10(12)14(4)9-7-5-6-8-9/h9H,5-8H2,1-4H3,(H2,12,13). The van der Waals surface area contributed by atoms with Crippen molar-refractivity contribution in [1.82, 2.24) is 4.90 Å². The second-order valence-corrected chi connectivity index (χ2v) is 5.19. The molecule has 82 valence electrons. The molecule has 0 saturated heterocycles. The Bertz CT molecular complexity index is 209. The van der Waals surface area contributed by atoms with E-state index in [2.05, 4.69) is 37.7 Å².